The largest absolute Gasteiger partial charge is 0.459 e. The number of nitrogens with zero attached hydrogens (tertiary/aromatic N) is 1. The highest BCUT2D eigenvalue weighted by molar-refractivity contribution is 6.33. The van der Waals surface area contributed by atoms with E-state index >= 15 is 0 Å². The predicted molar refractivity (Wildman–Crippen MR) is 128 cm³/mol. The van der Waals surface area contributed by atoms with Crippen molar-refractivity contribution in [3.05, 3.63) is 101 Å². The summed E-state index contributed by atoms with van der Waals surface area (Å²) in [6, 6.07) is 22.2. The second-order valence-electron chi connectivity index (χ2n) is 9.38. The fourth-order valence-electron chi connectivity index (χ4n) is 5.99. The summed E-state index contributed by atoms with van der Waals surface area (Å²) in [7, 11) is 0. The van der Waals surface area contributed by atoms with Crippen LogP contribution in [0.3, 0.4) is 0 Å². The molecule has 5 nitrogen and oxygen atoms in total. The minimum absolute atomic E-state index is 0.256. The Balaban J connectivity index is 1.49. The van der Waals surface area contributed by atoms with Gasteiger partial charge in [-0.2, -0.15) is 0 Å². The summed E-state index contributed by atoms with van der Waals surface area (Å²) >= 11 is 7.44. The van der Waals surface area contributed by atoms with Gasteiger partial charge in [0.15, 0.2) is 0 Å². The first kappa shape index (κ1) is 21.1. The molecule has 7 rings (SSSR count). The molecule has 0 radical (unpaired) electrons. The van der Waals surface area contributed by atoms with Gasteiger partial charge in [-0.05, 0) is 54.3 Å². The Morgan fingerprint density at radius 2 is 1.53 bits per heavy atom. The molecule has 0 N–H and O–H groups in total. The number of anilines is 1. The molecule has 6 heteroatoms. The van der Waals surface area contributed by atoms with Crippen molar-refractivity contribution in [3.8, 4) is 0 Å². The van der Waals surface area contributed by atoms with Gasteiger partial charge in [0.1, 0.15) is 4.87 Å². The minimum atomic E-state index is -1.14. The summed E-state index contributed by atoms with van der Waals surface area (Å²) in [4.78, 5) is 40.4. The quantitative estimate of drug-likeness (QED) is 0.306. The summed E-state index contributed by atoms with van der Waals surface area (Å²) in [6.07, 6.45) is -0.280. The lowest BCUT2D eigenvalue weighted by atomic mass is 9.54. The predicted octanol–water partition coefficient (Wildman–Crippen LogP) is 5.00. The maximum absolute atomic E-state index is 13.9. The van der Waals surface area contributed by atoms with Crippen LogP contribution >= 0.6 is 11.6 Å². The number of alkyl halides is 1. The highest BCUT2D eigenvalue weighted by atomic mass is 35.5. The number of halogens is 1. The Morgan fingerprint density at radius 1 is 0.912 bits per heavy atom. The Bertz CT molecular complexity index is 1330. The van der Waals surface area contributed by atoms with Crippen LogP contribution in [-0.4, -0.2) is 23.9 Å². The molecule has 0 spiro atoms. The lowest BCUT2D eigenvalue weighted by molar-refractivity contribution is -0.122. The number of hydrogen-bond acceptors (Lipinski definition) is 4. The molecule has 2 bridgehead atoms. The monoisotopic (exact) mass is 471 g/mol. The van der Waals surface area contributed by atoms with Gasteiger partial charge < -0.3 is 4.74 Å². The summed E-state index contributed by atoms with van der Waals surface area (Å²) in [5, 5.41) is 0. The van der Waals surface area contributed by atoms with Gasteiger partial charge in [-0.3, -0.25) is 9.59 Å². The van der Waals surface area contributed by atoms with E-state index in [-0.39, 0.29) is 29.4 Å². The van der Waals surface area contributed by atoms with Crippen molar-refractivity contribution < 1.29 is 19.1 Å². The summed E-state index contributed by atoms with van der Waals surface area (Å²) in [6.45, 7) is 3.54. The van der Waals surface area contributed by atoms with E-state index in [0.717, 1.165) is 22.3 Å². The SMILES string of the molecule is CC(C)OC(=O)c1cccc(N2C(=O)[C@@H]3[C@@H](C2=O)C2c4ccccc4C3(Cl)c3ccccc32)c1. The van der Waals surface area contributed by atoms with Crippen LogP contribution in [0.2, 0.25) is 0 Å². The Hall–Kier alpha value is -3.44. The van der Waals surface area contributed by atoms with Gasteiger partial charge in [0.25, 0.3) is 0 Å². The van der Waals surface area contributed by atoms with E-state index in [1.807, 2.05) is 48.5 Å². The molecule has 1 fully saturated rings. The van der Waals surface area contributed by atoms with Crippen molar-refractivity contribution in [2.75, 3.05) is 4.90 Å². The molecule has 4 aliphatic rings. The van der Waals surface area contributed by atoms with Gasteiger partial charge >= 0.3 is 5.97 Å². The van der Waals surface area contributed by atoms with Crippen LogP contribution < -0.4 is 4.90 Å². The zero-order valence-corrected chi connectivity index (χ0v) is 19.5. The molecule has 0 unspecified atom stereocenters. The van der Waals surface area contributed by atoms with Crippen molar-refractivity contribution in [1.29, 1.82) is 0 Å². The molecule has 3 aromatic carbocycles. The number of ether oxygens (including phenoxy) is 1. The highest BCUT2D eigenvalue weighted by Gasteiger charge is 2.68. The first-order valence-electron chi connectivity index (χ1n) is 11.4. The first-order valence-corrected chi connectivity index (χ1v) is 11.8. The van der Waals surface area contributed by atoms with Crippen LogP contribution in [0.1, 0.15) is 52.4 Å². The summed E-state index contributed by atoms with van der Waals surface area (Å²) < 4.78 is 5.30. The second kappa shape index (κ2) is 7.28. The number of carbonyl (C=O) groups is 3. The molecular weight excluding hydrogens is 450 g/mol. The molecule has 1 aliphatic heterocycles. The third-order valence-corrected chi connectivity index (χ3v) is 7.84. The molecule has 0 saturated carbocycles. The molecule has 1 saturated heterocycles. The van der Waals surface area contributed by atoms with Crippen molar-refractivity contribution in [2.24, 2.45) is 11.8 Å². The number of amides is 2. The molecule has 170 valence electrons. The molecule has 3 aromatic rings. The van der Waals surface area contributed by atoms with E-state index in [1.165, 1.54) is 4.90 Å². The zero-order chi connectivity index (χ0) is 23.8. The van der Waals surface area contributed by atoms with Gasteiger partial charge in [0.2, 0.25) is 11.8 Å². The molecule has 2 amide bonds. The molecular formula is C28H22ClNO4. The maximum atomic E-state index is 13.9. The van der Waals surface area contributed by atoms with E-state index in [9.17, 15) is 14.4 Å². The van der Waals surface area contributed by atoms with Gasteiger partial charge in [0, 0.05) is 5.92 Å². The van der Waals surface area contributed by atoms with Gasteiger partial charge in [0.05, 0.1) is 29.2 Å². The maximum Gasteiger partial charge on any atom is 0.338 e. The highest BCUT2D eigenvalue weighted by Crippen LogP contribution is 2.65. The number of carbonyl (C=O) groups excluding carboxylic acids is 3. The Kier molecular flexibility index (Phi) is 4.52. The lowest BCUT2D eigenvalue weighted by Crippen LogP contribution is -2.50. The van der Waals surface area contributed by atoms with Gasteiger partial charge in [-0.15, -0.1) is 11.6 Å². The van der Waals surface area contributed by atoms with Crippen molar-refractivity contribution >= 4 is 35.1 Å². The average molecular weight is 472 g/mol. The van der Waals surface area contributed by atoms with Crippen molar-refractivity contribution in [3.63, 3.8) is 0 Å². The standard InChI is InChI=1S/C28H22ClNO4/c1-15(2)34-27(33)16-8-7-9-17(14-16)30-25(31)23-22-18-10-3-5-12-20(18)28(29,24(23)26(30)32)21-13-6-4-11-19(21)22/h3-15,22-24H,1-2H3/t22?,23-,24-,28?/m0/s1. The second-order valence-corrected chi connectivity index (χ2v) is 9.98. The van der Waals surface area contributed by atoms with Crippen LogP contribution in [-0.2, 0) is 19.2 Å². The fraction of sp³-hybridized carbons (Fsp3) is 0.250. The zero-order valence-electron chi connectivity index (χ0n) is 18.7. The Morgan fingerprint density at radius 3 is 2.15 bits per heavy atom. The van der Waals surface area contributed by atoms with Gasteiger partial charge in [-0.1, -0.05) is 54.6 Å². The average Bonchev–Trinajstić information content (AvgIpc) is 3.10. The summed E-state index contributed by atoms with van der Waals surface area (Å²) in [5.74, 6) is -2.73. The van der Waals surface area contributed by atoms with Crippen LogP contribution in [0.25, 0.3) is 0 Å². The topological polar surface area (TPSA) is 63.7 Å². The third-order valence-electron chi connectivity index (χ3n) is 7.20. The molecule has 1 heterocycles. The van der Waals surface area contributed by atoms with Crippen molar-refractivity contribution in [1.82, 2.24) is 0 Å². The van der Waals surface area contributed by atoms with Crippen LogP contribution in [0.15, 0.2) is 72.8 Å². The van der Waals surface area contributed by atoms with Crippen molar-refractivity contribution in [2.45, 2.75) is 30.7 Å². The first-order chi connectivity index (χ1) is 16.3. The van der Waals surface area contributed by atoms with Gasteiger partial charge in [-0.25, -0.2) is 9.69 Å². The van der Waals surface area contributed by atoms with E-state index in [1.54, 1.807) is 38.1 Å². The van der Waals surface area contributed by atoms with E-state index in [4.69, 9.17) is 16.3 Å². The number of benzene rings is 3. The van der Waals surface area contributed by atoms with E-state index < -0.39 is 22.7 Å². The number of rotatable bonds is 3. The van der Waals surface area contributed by atoms with E-state index in [2.05, 4.69) is 0 Å². The fourth-order valence-corrected chi connectivity index (χ4v) is 6.56. The van der Waals surface area contributed by atoms with Crippen LogP contribution in [0.4, 0.5) is 5.69 Å². The molecule has 2 atom stereocenters. The minimum Gasteiger partial charge on any atom is -0.459 e. The van der Waals surface area contributed by atoms with Crippen LogP contribution in [0.5, 0.6) is 0 Å². The lowest BCUT2D eigenvalue weighted by Gasteiger charge is -2.50. The Labute approximate surface area is 202 Å². The number of hydrogen-bond donors (Lipinski definition) is 0. The third kappa shape index (κ3) is 2.65. The normalized spacial score (nSPS) is 26.4. The number of imide groups is 1. The smallest absolute Gasteiger partial charge is 0.338 e. The number of esters is 1. The summed E-state index contributed by atoms with van der Waals surface area (Å²) in [5.41, 5.74) is 4.41. The van der Waals surface area contributed by atoms with E-state index in [0.29, 0.717) is 5.69 Å². The van der Waals surface area contributed by atoms with Crippen LogP contribution in [0, 0.1) is 11.8 Å². The molecule has 0 aromatic heterocycles. The molecule has 34 heavy (non-hydrogen) atoms. The molecule has 3 aliphatic carbocycles.